The SMILES string of the molecule is Cc1ccc2nc(CN3CCC(C(=O)NCc4ccncc4)CC3)[nH]c2c1. The van der Waals surface area contributed by atoms with Crippen LogP contribution in [0.5, 0.6) is 0 Å². The predicted octanol–water partition coefficient (Wildman–Crippen LogP) is 2.79. The van der Waals surface area contributed by atoms with Crippen molar-refractivity contribution in [3.8, 4) is 0 Å². The third-order valence-corrected chi connectivity index (χ3v) is 5.23. The van der Waals surface area contributed by atoms with Crippen LogP contribution in [-0.2, 0) is 17.9 Å². The zero-order valence-corrected chi connectivity index (χ0v) is 15.6. The van der Waals surface area contributed by atoms with E-state index in [1.807, 2.05) is 12.1 Å². The number of fused-ring (bicyclic) bond motifs is 1. The van der Waals surface area contributed by atoms with Gasteiger partial charge in [0, 0.05) is 24.9 Å². The number of aromatic nitrogens is 3. The second-order valence-corrected chi connectivity index (χ2v) is 7.33. The first kappa shape index (κ1) is 17.7. The van der Waals surface area contributed by atoms with E-state index in [0.717, 1.165) is 54.9 Å². The maximum atomic E-state index is 12.4. The van der Waals surface area contributed by atoms with Crippen molar-refractivity contribution in [1.82, 2.24) is 25.2 Å². The summed E-state index contributed by atoms with van der Waals surface area (Å²) in [5.74, 6) is 1.25. The number of imidazole rings is 1. The van der Waals surface area contributed by atoms with Crippen LogP contribution in [0.15, 0.2) is 42.7 Å². The maximum Gasteiger partial charge on any atom is 0.223 e. The molecule has 1 fully saturated rings. The molecule has 1 aliphatic heterocycles. The third kappa shape index (κ3) is 4.34. The Kier molecular flexibility index (Phi) is 5.16. The third-order valence-electron chi connectivity index (χ3n) is 5.23. The first-order valence-electron chi connectivity index (χ1n) is 9.51. The van der Waals surface area contributed by atoms with Crippen LogP contribution >= 0.6 is 0 Å². The van der Waals surface area contributed by atoms with Gasteiger partial charge in [0.05, 0.1) is 17.6 Å². The Morgan fingerprint density at radius 2 is 2.00 bits per heavy atom. The number of aromatic amines is 1. The summed E-state index contributed by atoms with van der Waals surface area (Å²) in [5.41, 5.74) is 4.42. The molecular weight excluding hydrogens is 338 g/mol. The summed E-state index contributed by atoms with van der Waals surface area (Å²) in [6, 6.07) is 10.1. The molecular formula is C21H25N5O. The van der Waals surface area contributed by atoms with Gasteiger partial charge in [-0.25, -0.2) is 4.98 Å². The summed E-state index contributed by atoms with van der Waals surface area (Å²) in [6.07, 6.45) is 5.28. The molecule has 0 radical (unpaired) electrons. The Morgan fingerprint density at radius 3 is 2.78 bits per heavy atom. The summed E-state index contributed by atoms with van der Waals surface area (Å²) in [5, 5.41) is 3.05. The maximum absolute atomic E-state index is 12.4. The molecule has 2 aromatic heterocycles. The number of rotatable bonds is 5. The average molecular weight is 363 g/mol. The number of amides is 1. The molecule has 3 heterocycles. The summed E-state index contributed by atoms with van der Waals surface area (Å²) in [7, 11) is 0. The van der Waals surface area contributed by atoms with Gasteiger partial charge in [0.1, 0.15) is 5.82 Å². The fourth-order valence-electron chi connectivity index (χ4n) is 3.65. The molecule has 0 saturated carbocycles. The fourth-order valence-corrected chi connectivity index (χ4v) is 3.65. The summed E-state index contributed by atoms with van der Waals surface area (Å²) in [4.78, 5) is 26.9. The van der Waals surface area contributed by atoms with Crippen LogP contribution in [0, 0.1) is 12.8 Å². The van der Waals surface area contributed by atoms with Crippen molar-refractivity contribution < 1.29 is 4.79 Å². The molecule has 0 bridgehead atoms. The number of carbonyl (C=O) groups is 1. The van der Waals surface area contributed by atoms with Gasteiger partial charge in [-0.1, -0.05) is 6.07 Å². The number of pyridine rings is 1. The minimum absolute atomic E-state index is 0.0985. The van der Waals surface area contributed by atoms with Gasteiger partial charge < -0.3 is 10.3 Å². The van der Waals surface area contributed by atoms with Crippen LogP contribution in [0.1, 0.15) is 29.8 Å². The zero-order chi connectivity index (χ0) is 18.6. The molecule has 1 amide bonds. The number of H-pyrrole nitrogens is 1. The summed E-state index contributed by atoms with van der Waals surface area (Å²) < 4.78 is 0. The zero-order valence-electron chi connectivity index (χ0n) is 15.6. The lowest BCUT2D eigenvalue weighted by Crippen LogP contribution is -2.40. The van der Waals surface area contributed by atoms with Gasteiger partial charge in [-0.3, -0.25) is 14.7 Å². The van der Waals surface area contributed by atoms with Gasteiger partial charge >= 0.3 is 0 Å². The highest BCUT2D eigenvalue weighted by molar-refractivity contribution is 5.78. The molecule has 1 aliphatic rings. The van der Waals surface area contributed by atoms with E-state index in [9.17, 15) is 4.79 Å². The predicted molar refractivity (Wildman–Crippen MR) is 105 cm³/mol. The van der Waals surface area contributed by atoms with Crippen LogP contribution in [0.4, 0.5) is 0 Å². The highest BCUT2D eigenvalue weighted by Gasteiger charge is 2.25. The van der Waals surface area contributed by atoms with Crippen LogP contribution in [0.3, 0.4) is 0 Å². The number of hydrogen-bond donors (Lipinski definition) is 2. The summed E-state index contributed by atoms with van der Waals surface area (Å²) in [6.45, 7) is 5.30. The van der Waals surface area contributed by atoms with Crippen molar-refractivity contribution >= 4 is 16.9 Å². The number of hydrogen-bond acceptors (Lipinski definition) is 4. The van der Waals surface area contributed by atoms with E-state index < -0.39 is 0 Å². The van der Waals surface area contributed by atoms with Gasteiger partial charge in [-0.05, 0) is 68.2 Å². The van der Waals surface area contributed by atoms with Crippen molar-refractivity contribution in [1.29, 1.82) is 0 Å². The number of nitrogens with one attached hydrogen (secondary N) is 2. The standard InChI is InChI=1S/C21H25N5O/c1-15-2-3-18-19(12-15)25-20(24-18)14-26-10-6-17(7-11-26)21(27)23-13-16-4-8-22-9-5-16/h2-5,8-9,12,17H,6-7,10-11,13-14H2,1H3,(H,23,27)(H,24,25). The molecule has 2 N–H and O–H groups in total. The van der Waals surface area contributed by atoms with Crippen LogP contribution in [0.2, 0.25) is 0 Å². The number of nitrogens with zero attached hydrogens (tertiary/aromatic N) is 3. The number of piperidine rings is 1. The number of likely N-dealkylation sites (tertiary alicyclic amines) is 1. The van der Waals surface area contributed by atoms with Crippen LogP contribution < -0.4 is 5.32 Å². The van der Waals surface area contributed by atoms with E-state index in [0.29, 0.717) is 6.54 Å². The Balaban J connectivity index is 1.27. The van der Waals surface area contributed by atoms with Crippen molar-refractivity contribution in [3.63, 3.8) is 0 Å². The Labute approximate surface area is 159 Å². The highest BCUT2D eigenvalue weighted by atomic mass is 16.1. The molecule has 27 heavy (non-hydrogen) atoms. The van der Waals surface area contributed by atoms with Crippen LogP contribution in [0.25, 0.3) is 11.0 Å². The topological polar surface area (TPSA) is 73.9 Å². The van der Waals surface area contributed by atoms with Crippen LogP contribution in [-0.4, -0.2) is 38.8 Å². The van der Waals surface area contributed by atoms with Gasteiger partial charge in [0.15, 0.2) is 0 Å². The molecule has 6 nitrogen and oxygen atoms in total. The van der Waals surface area contributed by atoms with Crippen molar-refractivity contribution in [2.75, 3.05) is 13.1 Å². The first-order chi connectivity index (χ1) is 13.2. The molecule has 140 valence electrons. The number of carbonyl (C=O) groups excluding carboxylic acids is 1. The van der Waals surface area contributed by atoms with Gasteiger partial charge in [0.25, 0.3) is 0 Å². The normalized spacial score (nSPS) is 15.9. The summed E-state index contributed by atoms with van der Waals surface area (Å²) >= 11 is 0. The second-order valence-electron chi connectivity index (χ2n) is 7.33. The van der Waals surface area contributed by atoms with Crippen molar-refractivity contribution in [2.45, 2.75) is 32.9 Å². The molecule has 0 aliphatic carbocycles. The fraction of sp³-hybridized carbons (Fsp3) is 0.381. The van der Waals surface area contributed by atoms with E-state index in [1.54, 1.807) is 12.4 Å². The molecule has 1 saturated heterocycles. The molecule has 1 aromatic carbocycles. The minimum atomic E-state index is 0.0985. The largest absolute Gasteiger partial charge is 0.352 e. The van der Waals surface area contributed by atoms with E-state index >= 15 is 0 Å². The Hall–Kier alpha value is -2.73. The highest BCUT2D eigenvalue weighted by Crippen LogP contribution is 2.20. The van der Waals surface area contributed by atoms with E-state index in [1.165, 1.54) is 5.56 Å². The lowest BCUT2D eigenvalue weighted by Gasteiger charge is -2.30. The van der Waals surface area contributed by atoms with Crippen molar-refractivity contribution in [2.24, 2.45) is 5.92 Å². The number of benzene rings is 1. The molecule has 0 spiro atoms. The smallest absolute Gasteiger partial charge is 0.223 e. The second kappa shape index (κ2) is 7.88. The van der Waals surface area contributed by atoms with E-state index in [-0.39, 0.29) is 11.8 Å². The first-order valence-corrected chi connectivity index (χ1v) is 9.51. The van der Waals surface area contributed by atoms with E-state index in [2.05, 4.69) is 50.3 Å². The molecule has 0 unspecified atom stereocenters. The van der Waals surface area contributed by atoms with E-state index in [4.69, 9.17) is 0 Å². The molecule has 0 atom stereocenters. The Morgan fingerprint density at radius 1 is 1.22 bits per heavy atom. The lowest BCUT2D eigenvalue weighted by atomic mass is 9.96. The number of aryl methyl sites for hydroxylation is 1. The molecule has 6 heteroatoms. The van der Waals surface area contributed by atoms with Gasteiger partial charge in [-0.15, -0.1) is 0 Å². The molecule has 4 rings (SSSR count). The Bertz CT molecular complexity index is 913. The molecule has 3 aromatic rings. The van der Waals surface area contributed by atoms with Crippen molar-refractivity contribution in [3.05, 3.63) is 59.7 Å². The lowest BCUT2D eigenvalue weighted by molar-refractivity contribution is -0.126. The quantitative estimate of drug-likeness (QED) is 0.731. The average Bonchev–Trinajstić information content (AvgIpc) is 3.09. The van der Waals surface area contributed by atoms with Gasteiger partial charge in [0.2, 0.25) is 5.91 Å². The minimum Gasteiger partial charge on any atom is -0.352 e. The monoisotopic (exact) mass is 363 g/mol. The van der Waals surface area contributed by atoms with Gasteiger partial charge in [-0.2, -0.15) is 0 Å².